The molecule has 0 aromatic heterocycles. The molecule has 19 heavy (non-hydrogen) atoms. The maximum atomic E-state index is 3.73. The fraction of sp³-hybridized carbons (Fsp3) is 0.294. The third-order valence-corrected chi connectivity index (χ3v) is 4.61. The SMILES string of the molecule is CCSc1ccccc1NC1CCc2ccccc21. The van der Waals surface area contributed by atoms with E-state index in [2.05, 4.69) is 60.8 Å². The van der Waals surface area contributed by atoms with Gasteiger partial charge in [0, 0.05) is 10.6 Å². The molecule has 2 heteroatoms. The summed E-state index contributed by atoms with van der Waals surface area (Å²) in [5.41, 5.74) is 4.25. The quantitative estimate of drug-likeness (QED) is 0.792. The largest absolute Gasteiger partial charge is 0.377 e. The summed E-state index contributed by atoms with van der Waals surface area (Å²) < 4.78 is 0. The predicted molar refractivity (Wildman–Crippen MR) is 84.0 cm³/mol. The Kier molecular flexibility index (Phi) is 3.79. The average molecular weight is 269 g/mol. The summed E-state index contributed by atoms with van der Waals surface area (Å²) in [6.07, 6.45) is 2.39. The lowest BCUT2D eigenvalue weighted by molar-refractivity contribution is 0.759. The molecule has 1 atom stereocenters. The molecule has 0 spiro atoms. The first-order valence-electron chi connectivity index (χ1n) is 6.94. The number of hydrogen-bond acceptors (Lipinski definition) is 2. The van der Waals surface area contributed by atoms with Crippen LogP contribution in [0.25, 0.3) is 0 Å². The van der Waals surface area contributed by atoms with Crippen LogP contribution in [-0.4, -0.2) is 5.75 Å². The molecule has 1 N–H and O–H groups in total. The van der Waals surface area contributed by atoms with Gasteiger partial charge >= 0.3 is 0 Å². The van der Waals surface area contributed by atoms with Gasteiger partial charge in [0.25, 0.3) is 0 Å². The Morgan fingerprint density at radius 2 is 1.89 bits per heavy atom. The number of hydrogen-bond donors (Lipinski definition) is 1. The molecule has 0 radical (unpaired) electrons. The molecule has 2 aromatic rings. The topological polar surface area (TPSA) is 12.0 Å². The Morgan fingerprint density at radius 3 is 2.79 bits per heavy atom. The van der Waals surface area contributed by atoms with Gasteiger partial charge in [-0.1, -0.05) is 43.3 Å². The molecule has 0 bridgehead atoms. The predicted octanol–water partition coefficient (Wildman–Crippen LogP) is 4.90. The molecule has 1 aliphatic rings. The minimum Gasteiger partial charge on any atom is -0.377 e. The van der Waals surface area contributed by atoms with Gasteiger partial charge in [-0.25, -0.2) is 0 Å². The molecule has 0 heterocycles. The van der Waals surface area contributed by atoms with Crippen molar-refractivity contribution in [1.29, 1.82) is 0 Å². The van der Waals surface area contributed by atoms with Crippen molar-refractivity contribution in [3.05, 3.63) is 59.7 Å². The number of para-hydroxylation sites is 1. The molecule has 1 unspecified atom stereocenters. The summed E-state index contributed by atoms with van der Waals surface area (Å²) in [5.74, 6) is 1.11. The first-order chi connectivity index (χ1) is 9.38. The van der Waals surface area contributed by atoms with Crippen molar-refractivity contribution in [2.75, 3.05) is 11.1 Å². The molecule has 0 fully saturated rings. The zero-order chi connectivity index (χ0) is 13.1. The van der Waals surface area contributed by atoms with Gasteiger partial charge in [-0.15, -0.1) is 11.8 Å². The van der Waals surface area contributed by atoms with E-state index in [0.717, 1.165) is 5.75 Å². The molecular formula is C17H19NS. The molecule has 2 aromatic carbocycles. The van der Waals surface area contributed by atoms with Crippen LogP contribution in [0.3, 0.4) is 0 Å². The number of rotatable bonds is 4. The first kappa shape index (κ1) is 12.6. The van der Waals surface area contributed by atoms with Crippen LogP contribution in [0.4, 0.5) is 5.69 Å². The zero-order valence-electron chi connectivity index (χ0n) is 11.2. The van der Waals surface area contributed by atoms with Gasteiger partial charge in [-0.05, 0) is 41.9 Å². The highest BCUT2D eigenvalue weighted by Gasteiger charge is 2.22. The second-order valence-electron chi connectivity index (χ2n) is 4.86. The molecular weight excluding hydrogens is 250 g/mol. The van der Waals surface area contributed by atoms with Gasteiger partial charge in [0.15, 0.2) is 0 Å². The van der Waals surface area contributed by atoms with Crippen LogP contribution in [0.1, 0.15) is 30.5 Å². The molecule has 1 aliphatic carbocycles. The normalized spacial score (nSPS) is 17.2. The summed E-state index contributed by atoms with van der Waals surface area (Å²) in [6, 6.07) is 17.9. The monoisotopic (exact) mass is 269 g/mol. The van der Waals surface area contributed by atoms with Crippen molar-refractivity contribution in [2.24, 2.45) is 0 Å². The highest BCUT2D eigenvalue weighted by molar-refractivity contribution is 7.99. The van der Waals surface area contributed by atoms with E-state index in [1.165, 1.54) is 34.6 Å². The lowest BCUT2D eigenvalue weighted by atomic mass is 10.1. The van der Waals surface area contributed by atoms with Crippen LogP contribution in [0, 0.1) is 0 Å². The smallest absolute Gasteiger partial charge is 0.0520 e. The highest BCUT2D eigenvalue weighted by atomic mass is 32.2. The third-order valence-electron chi connectivity index (χ3n) is 3.65. The van der Waals surface area contributed by atoms with E-state index < -0.39 is 0 Å². The number of nitrogens with one attached hydrogen (secondary N) is 1. The maximum absolute atomic E-state index is 3.73. The summed E-state index contributed by atoms with van der Waals surface area (Å²) >= 11 is 1.90. The van der Waals surface area contributed by atoms with Crippen molar-refractivity contribution >= 4 is 17.4 Å². The second kappa shape index (κ2) is 5.70. The van der Waals surface area contributed by atoms with Crippen molar-refractivity contribution in [3.8, 4) is 0 Å². The van der Waals surface area contributed by atoms with Gasteiger partial charge in [-0.2, -0.15) is 0 Å². The Balaban J connectivity index is 1.83. The van der Waals surface area contributed by atoms with E-state index in [0.29, 0.717) is 6.04 Å². The minimum atomic E-state index is 0.467. The van der Waals surface area contributed by atoms with Crippen molar-refractivity contribution in [3.63, 3.8) is 0 Å². The van der Waals surface area contributed by atoms with Crippen LogP contribution < -0.4 is 5.32 Å². The van der Waals surface area contributed by atoms with Crippen LogP contribution in [0.15, 0.2) is 53.4 Å². The number of thioether (sulfide) groups is 1. The maximum Gasteiger partial charge on any atom is 0.0520 e. The Morgan fingerprint density at radius 1 is 1.11 bits per heavy atom. The van der Waals surface area contributed by atoms with Gasteiger partial charge in [-0.3, -0.25) is 0 Å². The van der Waals surface area contributed by atoms with Crippen molar-refractivity contribution < 1.29 is 0 Å². The number of aryl methyl sites for hydroxylation is 1. The molecule has 3 rings (SSSR count). The Bertz CT molecular complexity index is 565. The second-order valence-corrected chi connectivity index (χ2v) is 6.17. The molecule has 1 nitrogen and oxygen atoms in total. The van der Waals surface area contributed by atoms with E-state index in [4.69, 9.17) is 0 Å². The summed E-state index contributed by atoms with van der Waals surface area (Å²) in [4.78, 5) is 1.36. The summed E-state index contributed by atoms with van der Waals surface area (Å²) in [6.45, 7) is 2.20. The number of benzene rings is 2. The Hall–Kier alpha value is -1.41. The summed E-state index contributed by atoms with van der Waals surface area (Å²) in [7, 11) is 0. The molecule has 98 valence electrons. The van der Waals surface area contributed by atoms with Gasteiger partial charge in [0.05, 0.1) is 6.04 Å². The fourth-order valence-electron chi connectivity index (χ4n) is 2.76. The van der Waals surface area contributed by atoms with Crippen LogP contribution in [-0.2, 0) is 6.42 Å². The van der Waals surface area contributed by atoms with Crippen LogP contribution in [0.2, 0.25) is 0 Å². The van der Waals surface area contributed by atoms with Crippen LogP contribution >= 0.6 is 11.8 Å². The fourth-order valence-corrected chi connectivity index (χ4v) is 3.53. The minimum absolute atomic E-state index is 0.467. The lowest BCUT2D eigenvalue weighted by Gasteiger charge is -2.18. The van der Waals surface area contributed by atoms with Gasteiger partial charge in [0.2, 0.25) is 0 Å². The average Bonchev–Trinajstić information content (AvgIpc) is 2.85. The molecule has 0 amide bonds. The van der Waals surface area contributed by atoms with E-state index in [1.54, 1.807) is 0 Å². The van der Waals surface area contributed by atoms with E-state index in [1.807, 2.05) is 11.8 Å². The highest BCUT2D eigenvalue weighted by Crippen LogP contribution is 2.36. The number of fused-ring (bicyclic) bond motifs is 1. The molecule has 0 saturated carbocycles. The number of anilines is 1. The van der Waals surface area contributed by atoms with Crippen molar-refractivity contribution in [1.82, 2.24) is 0 Å². The summed E-state index contributed by atoms with van der Waals surface area (Å²) in [5, 5.41) is 3.73. The molecule has 0 aliphatic heterocycles. The van der Waals surface area contributed by atoms with Crippen molar-refractivity contribution in [2.45, 2.75) is 30.7 Å². The zero-order valence-corrected chi connectivity index (χ0v) is 12.0. The first-order valence-corrected chi connectivity index (χ1v) is 7.93. The van der Waals surface area contributed by atoms with E-state index in [9.17, 15) is 0 Å². The van der Waals surface area contributed by atoms with Gasteiger partial charge < -0.3 is 5.32 Å². The Labute approximate surface area is 119 Å². The van der Waals surface area contributed by atoms with E-state index in [-0.39, 0.29) is 0 Å². The van der Waals surface area contributed by atoms with Crippen LogP contribution in [0.5, 0.6) is 0 Å². The standard InChI is InChI=1S/C17H19NS/c1-2-19-17-10-6-5-9-16(17)18-15-12-11-13-7-3-4-8-14(13)15/h3-10,15,18H,2,11-12H2,1H3. The molecule has 0 saturated heterocycles. The third kappa shape index (κ3) is 2.64. The lowest BCUT2D eigenvalue weighted by Crippen LogP contribution is -2.07. The van der Waals surface area contributed by atoms with Gasteiger partial charge in [0.1, 0.15) is 0 Å². The van der Waals surface area contributed by atoms with E-state index >= 15 is 0 Å².